The minimum atomic E-state index is -0.129. The van der Waals surface area contributed by atoms with Crippen molar-refractivity contribution in [3.63, 3.8) is 0 Å². The number of nitrogens with one attached hydrogen (secondary N) is 1. The Hall–Kier alpha value is -1.84. The molecule has 1 aliphatic heterocycles. The van der Waals surface area contributed by atoms with Gasteiger partial charge in [-0.15, -0.1) is 0 Å². The fourth-order valence-electron chi connectivity index (χ4n) is 4.31. The molecule has 0 spiro atoms. The van der Waals surface area contributed by atoms with E-state index in [1.54, 1.807) is 6.92 Å². The molecular weight excluding hydrogens is 312 g/mol. The lowest BCUT2D eigenvalue weighted by molar-refractivity contribution is -0.133. The highest BCUT2D eigenvalue weighted by molar-refractivity contribution is 5.79. The zero-order valence-electron chi connectivity index (χ0n) is 15.3. The Kier molecular flexibility index (Phi) is 6.11. The van der Waals surface area contributed by atoms with Gasteiger partial charge in [-0.1, -0.05) is 56.4 Å². The van der Waals surface area contributed by atoms with Crippen LogP contribution in [0.25, 0.3) is 0 Å². The van der Waals surface area contributed by atoms with Crippen molar-refractivity contribution in [2.24, 2.45) is 0 Å². The molecule has 0 radical (unpaired) electrons. The lowest BCUT2D eigenvalue weighted by Gasteiger charge is -2.37. The number of benzene rings is 1. The summed E-state index contributed by atoms with van der Waals surface area (Å²) in [6, 6.07) is 8.40. The third kappa shape index (κ3) is 4.62. The van der Waals surface area contributed by atoms with Crippen LogP contribution in [0.3, 0.4) is 0 Å². The topological polar surface area (TPSA) is 49.4 Å². The van der Waals surface area contributed by atoms with Crippen LogP contribution < -0.4 is 5.32 Å². The summed E-state index contributed by atoms with van der Waals surface area (Å²) in [6.07, 6.45) is 9.71. The molecule has 1 fully saturated rings. The number of fused-ring (bicyclic) bond motifs is 1. The van der Waals surface area contributed by atoms with Crippen LogP contribution in [0.1, 0.15) is 75.5 Å². The monoisotopic (exact) mass is 342 g/mol. The van der Waals surface area contributed by atoms with Gasteiger partial charge in [0, 0.05) is 19.5 Å². The van der Waals surface area contributed by atoms with E-state index in [1.165, 1.54) is 37.7 Å². The van der Waals surface area contributed by atoms with Crippen molar-refractivity contribution in [3.05, 3.63) is 35.4 Å². The average molecular weight is 342 g/mol. The smallest absolute Gasteiger partial charge is 0.222 e. The molecule has 25 heavy (non-hydrogen) atoms. The molecule has 1 aromatic rings. The highest BCUT2D eigenvalue weighted by Crippen LogP contribution is 2.32. The lowest BCUT2D eigenvalue weighted by Crippen LogP contribution is -2.43. The van der Waals surface area contributed by atoms with Crippen molar-refractivity contribution in [2.75, 3.05) is 6.54 Å². The summed E-state index contributed by atoms with van der Waals surface area (Å²) < 4.78 is 0. The van der Waals surface area contributed by atoms with Gasteiger partial charge in [0.05, 0.1) is 12.5 Å². The second kappa shape index (κ2) is 8.50. The van der Waals surface area contributed by atoms with Crippen molar-refractivity contribution < 1.29 is 9.59 Å². The van der Waals surface area contributed by atoms with Crippen molar-refractivity contribution in [3.8, 4) is 0 Å². The van der Waals surface area contributed by atoms with Gasteiger partial charge in [-0.25, -0.2) is 0 Å². The van der Waals surface area contributed by atoms with Gasteiger partial charge in [-0.3, -0.25) is 9.59 Å². The first-order chi connectivity index (χ1) is 12.1. The molecule has 3 rings (SSSR count). The number of rotatable bonds is 3. The molecule has 2 amide bonds. The Balaban J connectivity index is 1.68. The minimum Gasteiger partial charge on any atom is -0.353 e. The Morgan fingerprint density at radius 3 is 2.48 bits per heavy atom. The molecule has 4 heteroatoms. The summed E-state index contributed by atoms with van der Waals surface area (Å²) in [6.45, 7) is 2.31. The van der Waals surface area contributed by atoms with Gasteiger partial charge >= 0.3 is 0 Å². The summed E-state index contributed by atoms with van der Waals surface area (Å²) in [5, 5.41) is 3.25. The number of hydrogen-bond acceptors (Lipinski definition) is 2. The van der Waals surface area contributed by atoms with Gasteiger partial charge in [-0.05, 0) is 30.4 Å². The first kappa shape index (κ1) is 18.0. The van der Waals surface area contributed by atoms with Crippen molar-refractivity contribution in [2.45, 2.75) is 76.8 Å². The molecule has 0 saturated heterocycles. The van der Waals surface area contributed by atoms with Crippen molar-refractivity contribution in [1.29, 1.82) is 0 Å². The van der Waals surface area contributed by atoms with Crippen LogP contribution in [0, 0.1) is 0 Å². The van der Waals surface area contributed by atoms with Crippen LogP contribution in [-0.2, 0) is 16.0 Å². The van der Waals surface area contributed by atoms with Crippen LogP contribution in [-0.4, -0.2) is 29.3 Å². The number of amides is 2. The van der Waals surface area contributed by atoms with Gasteiger partial charge in [0.25, 0.3) is 0 Å². The molecular formula is C21H30N2O2. The predicted molar refractivity (Wildman–Crippen MR) is 99.1 cm³/mol. The molecule has 1 heterocycles. The first-order valence-electron chi connectivity index (χ1n) is 9.79. The summed E-state index contributed by atoms with van der Waals surface area (Å²) >= 11 is 0. The summed E-state index contributed by atoms with van der Waals surface area (Å²) in [5.41, 5.74) is 2.40. The molecule has 136 valence electrons. The third-order valence-corrected chi connectivity index (χ3v) is 5.67. The second-order valence-corrected chi connectivity index (χ2v) is 7.49. The average Bonchev–Trinajstić information content (AvgIpc) is 2.57. The molecule has 2 aliphatic rings. The molecule has 1 unspecified atom stereocenters. The number of hydrogen-bond donors (Lipinski definition) is 1. The van der Waals surface area contributed by atoms with E-state index in [1.807, 2.05) is 17.0 Å². The predicted octanol–water partition coefficient (Wildman–Crippen LogP) is 3.75. The van der Waals surface area contributed by atoms with E-state index in [0.717, 1.165) is 24.8 Å². The maximum Gasteiger partial charge on any atom is 0.222 e. The van der Waals surface area contributed by atoms with Gasteiger partial charge in [0.15, 0.2) is 0 Å². The quantitative estimate of drug-likeness (QED) is 0.909. The standard InChI is InChI=1S/C21H30N2O2/c1-16(24)23-14-13-17-9-7-8-12-19(17)20(23)15-21(25)22-18-10-5-3-2-4-6-11-18/h7-9,12,18,20H,2-6,10-11,13-15H2,1H3,(H,22,25). The van der Waals surface area contributed by atoms with E-state index in [-0.39, 0.29) is 17.9 Å². The molecule has 1 N–H and O–H groups in total. The molecule has 0 aromatic heterocycles. The molecule has 4 nitrogen and oxygen atoms in total. The zero-order valence-corrected chi connectivity index (χ0v) is 15.3. The van der Waals surface area contributed by atoms with E-state index in [0.29, 0.717) is 19.0 Å². The second-order valence-electron chi connectivity index (χ2n) is 7.49. The molecule has 1 atom stereocenters. The van der Waals surface area contributed by atoms with Crippen LogP contribution in [0.5, 0.6) is 0 Å². The molecule has 1 aromatic carbocycles. The Bertz CT molecular complexity index is 606. The van der Waals surface area contributed by atoms with Gasteiger partial charge in [0.1, 0.15) is 0 Å². The minimum absolute atomic E-state index is 0.0539. The van der Waals surface area contributed by atoms with Crippen molar-refractivity contribution >= 4 is 11.8 Å². The van der Waals surface area contributed by atoms with E-state index in [4.69, 9.17) is 0 Å². The first-order valence-corrected chi connectivity index (χ1v) is 9.79. The van der Waals surface area contributed by atoms with Crippen molar-refractivity contribution in [1.82, 2.24) is 10.2 Å². The third-order valence-electron chi connectivity index (χ3n) is 5.67. The fraction of sp³-hybridized carbons (Fsp3) is 0.619. The van der Waals surface area contributed by atoms with Gasteiger partial charge in [0.2, 0.25) is 11.8 Å². The number of carbonyl (C=O) groups excluding carboxylic acids is 2. The number of carbonyl (C=O) groups is 2. The highest BCUT2D eigenvalue weighted by atomic mass is 16.2. The summed E-state index contributed by atoms with van der Waals surface area (Å²) in [7, 11) is 0. The fourth-order valence-corrected chi connectivity index (χ4v) is 4.31. The van der Waals surface area contributed by atoms with Crippen LogP contribution in [0.15, 0.2) is 24.3 Å². The van der Waals surface area contributed by atoms with Crippen LogP contribution >= 0.6 is 0 Å². The Morgan fingerprint density at radius 2 is 1.76 bits per heavy atom. The van der Waals surface area contributed by atoms with Crippen LogP contribution in [0.2, 0.25) is 0 Å². The summed E-state index contributed by atoms with van der Waals surface area (Å²) in [4.78, 5) is 26.6. The maximum absolute atomic E-state index is 12.7. The van der Waals surface area contributed by atoms with Gasteiger partial charge < -0.3 is 10.2 Å². The van der Waals surface area contributed by atoms with E-state index < -0.39 is 0 Å². The van der Waals surface area contributed by atoms with E-state index in [2.05, 4.69) is 17.4 Å². The molecule has 1 aliphatic carbocycles. The molecule has 1 saturated carbocycles. The lowest BCUT2D eigenvalue weighted by atomic mass is 9.90. The largest absolute Gasteiger partial charge is 0.353 e. The SMILES string of the molecule is CC(=O)N1CCc2ccccc2C1CC(=O)NC1CCCCCCC1. The van der Waals surface area contributed by atoms with E-state index in [9.17, 15) is 9.59 Å². The zero-order chi connectivity index (χ0) is 17.6. The van der Waals surface area contributed by atoms with E-state index >= 15 is 0 Å². The Morgan fingerprint density at radius 1 is 1.08 bits per heavy atom. The molecule has 0 bridgehead atoms. The highest BCUT2D eigenvalue weighted by Gasteiger charge is 2.31. The normalized spacial score (nSPS) is 21.8. The maximum atomic E-state index is 12.7. The number of nitrogens with zero attached hydrogens (tertiary/aromatic N) is 1. The van der Waals surface area contributed by atoms with Crippen LogP contribution in [0.4, 0.5) is 0 Å². The Labute approximate surface area is 151 Å². The summed E-state index contributed by atoms with van der Waals surface area (Å²) in [5.74, 6) is 0.136. The van der Waals surface area contributed by atoms with Gasteiger partial charge in [-0.2, -0.15) is 0 Å².